The van der Waals surface area contributed by atoms with Crippen molar-refractivity contribution < 1.29 is 17.9 Å². The summed E-state index contributed by atoms with van der Waals surface area (Å²) in [5, 5.41) is 0. The SMILES string of the molecule is Cc1ccccc1CS(=O)(=O)N(C)c1ccc2c(c1)OCCO2. The number of hydrogen-bond donors (Lipinski definition) is 0. The van der Waals surface area contributed by atoms with Gasteiger partial charge in [-0.15, -0.1) is 0 Å². The molecule has 6 heteroatoms. The molecule has 2 aromatic carbocycles. The maximum absolute atomic E-state index is 12.7. The highest BCUT2D eigenvalue weighted by Gasteiger charge is 2.22. The van der Waals surface area contributed by atoms with Gasteiger partial charge in [-0.1, -0.05) is 24.3 Å². The van der Waals surface area contributed by atoms with Gasteiger partial charge in [-0.25, -0.2) is 8.42 Å². The zero-order valence-electron chi connectivity index (χ0n) is 13.2. The number of ether oxygens (including phenoxy) is 2. The van der Waals surface area contributed by atoms with Crippen LogP contribution in [0.4, 0.5) is 5.69 Å². The summed E-state index contributed by atoms with van der Waals surface area (Å²) in [7, 11) is -1.92. The molecule has 0 unspecified atom stereocenters. The normalized spacial score (nSPS) is 13.7. The van der Waals surface area contributed by atoms with Gasteiger partial charge in [0.15, 0.2) is 11.5 Å². The molecule has 0 bridgehead atoms. The van der Waals surface area contributed by atoms with Gasteiger partial charge < -0.3 is 9.47 Å². The van der Waals surface area contributed by atoms with Crippen molar-refractivity contribution >= 4 is 15.7 Å². The Morgan fingerprint density at radius 2 is 1.74 bits per heavy atom. The van der Waals surface area contributed by atoms with Gasteiger partial charge in [-0.2, -0.15) is 0 Å². The number of sulfonamides is 1. The molecule has 0 fully saturated rings. The first-order valence-electron chi connectivity index (χ1n) is 7.38. The fraction of sp³-hybridized carbons (Fsp3) is 0.294. The number of anilines is 1. The molecular formula is C17H19NO4S. The van der Waals surface area contributed by atoms with Crippen molar-refractivity contribution in [2.24, 2.45) is 0 Å². The Kier molecular flexibility index (Phi) is 4.17. The predicted molar refractivity (Wildman–Crippen MR) is 89.6 cm³/mol. The molecule has 0 radical (unpaired) electrons. The van der Waals surface area contributed by atoms with Crippen molar-refractivity contribution in [3.63, 3.8) is 0 Å². The standard InChI is InChI=1S/C17H19NO4S/c1-13-5-3-4-6-14(13)12-23(19,20)18(2)15-7-8-16-17(11-15)22-10-9-21-16/h3-8,11H,9-10,12H2,1-2H3. The van der Waals surface area contributed by atoms with Gasteiger partial charge in [-0.3, -0.25) is 4.31 Å². The van der Waals surface area contributed by atoms with Gasteiger partial charge >= 0.3 is 0 Å². The van der Waals surface area contributed by atoms with Crippen molar-refractivity contribution in [2.45, 2.75) is 12.7 Å². The fourth-order valence-corrected chi connectivity index (χ4v) is 3.80. The van der Waals surface area contributed by atoms with E-state index < -0.39 is 10.0 Å². The Balaban J connectivity index is 1.86. The lowest BCUT2D eigenvalue weighted by atomic mass is 10.1. The van der Waals surface area contributed by atoms with Gasteiger partial charge in [0.1, 0.15) is 13.2 Å². The summed E-state index contributed by atoms with van der Waals surface area (Å²) in [5.74, 6) is 1.18. The summed E-state index contributed by atoms with van der Waals surface area (Å²) in [5.41, 5.74) is 2.33. The van der Waals surface area contributed by atoms with Crippen molar-refractivity contribution in [3.05, 3.63) is 53.6 Å². The molecule has 1 aliphatic rings. The Bertz CT molecular complexity index is 817. The highest BCUT2D eigenvalue weighted by atomic mass is 32.2. The van der Waals surface area contributed by atoms with Crippen molar-refractivity contribution in [2.75, 3.05) is 24.6 Å². The minimum atomic E-state index is -3.48. The minimum absolute atomic E-state index is 0.0371. The summed E-state index contributed by atoms with van der Waals surface area (Å²) >= 11 is 0. The summed E-state index contributed by atoms with van der Waals surface area (Å²) < 4.78 is 37.6. The van der Waals surface area contributed by atoms with E-state index in [0.29, 0.717) is 30.4 Å². The molecule has 1 aliphatic heterocycles. The highest BCUT2D eigenvalue weighted by Crippen LogP contribution is 2.34. The average Bonchev–Trinajstić information content (AvgIpc) is 2.55. The van der Waals surface area contributed by atoms with E-state index in [1.165, 1.54) is 4.31 Å². The number of nitrogens with zero attached hydrogens (tertiary/aromatic N) is 1. The third-order valence-electron chi connectivity index (χ3n) is 3.91. The molecule has 0 aliphatic carbocycles. The Hall–Kier alpha value is -2.21. The fourth-order valence-electron chi connectivity index (χ4n) is 2.45. The summed E-state index contributed by atoms with van der Waals surface area (Å²) in [4.78, 5) is 0. The summed E-state index contributed by atoms with van der Waals surface area (Å²) in [6, 6.07) is 12.7. The first-order chi connectivity index (χ1) is 11.0. The number of aryl methyl sites for hydroxylation is 1. The summed E-state index contributed by atoms with van der Waals surface area (Å²) in [6.07, 6.45) is 0. The van der Waals surface area contributed by atoms with E-state index in [9.17, 15) is 8.42 Å². The number of benzene rings is 2. The molecule has 23 heavy (non-hydrogen) atoms. The monoisotopic (exact) mass is 333 g/mol. The largest absolute Gasteiger partial charge is 0.486 e. The quantitative estimate of drug-likeness (QED) is 0.863. The van der Waals surface area contributed by atoms with E-state index in [1.807, 2.05) is 31.2 Å². The van der Waals surface area contributed by atoms with Crippen LogP contribution in [-0.2, 0) is 15.8 Å². The molecule has 122 valence electrons. The smallest absolute Gasteiger partial charge is 0.239 e. The van der Waals surface area contributed by atoms with E-state index in [1.54, 1.807) is 25.2 Å². The van der Waals surface area contributed by atoms with Gasteiger partial charge in [0.05, 0.1) is 11.4 Å². The maximum atomic E-state index is 12.7. The summed E-state index contributed by atoms with van der Waals surface area (Å²) in [6.45, 7) is 2.89. The van der Waals surface area contributed by atoms with Crippen LogP contribution in [0.1, 0.15) is 11.1 Å². The molecule has 1 heterocycles. The molecule has 0 amide bonds. The number of hydrogen-bond acceptors (Lipinski definition) is 4. The minimum Gasteiger partial charge on any atom is -0.486 e. The molecule has 0 aromatic heterocycles. The third kappa shape index (κ3) is 3.27. The van der Waals surface area contributed by atoms with E-state index in [2.05, 4.69) is 0 Å². The average molecular weight is 333 g/mol. The molecule has 0 N–H and O–H groups in total. The van der Waals surface area contributed by atoms with Crippen LogP contribution in [0, 0.1) is 6.92 Å². The molecule has 2 aromatic rings. The van der Waals surface area contributed by atoms with Crippen LogP contribution in [0.15, 0.2) is 42.5 Å². The molecule has 0 saturated carbocycles. The lowest BCUT2D eigenvalue weighted by Crippen LogP contribution is -2.28. The highest BCUT2D eigenvalue weighted by molar-refractivity contribution is 7.92. The Labute approximate surface area is 136 Å². The van der Waals surface area contributed by atoms with Crippen LogP contribution in [0.5, 0.6) is 11.5 Å². The van der Waals surface area contributed by atoms with E-state index >= 15 is 0 Å². The molecule has 3 rings (SSSR count). The van der Waals surface area contributed by atoms with Gasteiger partial charge in [0, 0.05) is 13.1 Å². The molecule has 5 nitrogen and oxygen atoms in total. The van der Waals surface area contributed by atoms with Crippen LogP contribution in [0.2, 0.25) is 0 Å². The molecular weight excluding hydrogens is 314 g/mol. The van der Waals surface area contributed by atoms with Crippen LogP contribution in [0.3, 0.4) is 0 Å². The molecule has 0 saturated heterocycles. The Morgan fingerprint density at radius 1 is 1.04 bits per heavy atom. The lowest BCUT2D eigenvalue weighted by Gasteiger charge is -2.23. The predicted octanol–water partition coefficient (Wildman–Crippen LogP) is 2.73. The van der Waals surface area contributed by atoms with Crippen LogP contribution < -0.4 is 13.8 Å². The second-order valence-electron chi connectivity index (χ2n) is 5.48. The lowest BCUT2D eigenvalue weighted by molar-refractivity contribution is 0.171. The van der Waals surface area contributed by atoms with Crippen LogP contribution in [-0.4, -0.2) is 28.7 Å². The van der Waals surface area contributed by atoms with Crippen molar-refractivity contribution in [1.82, 2.24) is 0 Å². The number of fused-ring (bicyclic) bond motifs is 1. The number of rotatable bonds is 4. The van der Waals surface area contributed by atoms with Crippen molar-refractivity contribution in [1.29, 1.82) is 0 Å². The zero-order valence-corrected chi connectivity index (χ0v) is 14.0. The topological polar surface area (TPSA) is 55.8 Å². The van der Waals surface area contributed by atoms with Crippen LogP contribution in [0.25, 0.3) is 0 Å². The van der Waals surface area contributed by atoms with Crippen LogP contribution >= 0.6 is 0 Å². The maximum Gasteiger partial charge on any atom is 0.239 e. The first kappa shape index (κ1) is 15.7. The van der Waals surface area contributed by atoms with Gasteiger partial charge in [-0.05, 0) is 30.2 Å². The second kappa shape index (κ2) is 6.12. The van der Waals surface area contributed by atoms with Crippen molar-refractivity contribution in [3.8, 4) is 11.5 Å². The van der Waals surface area contributed by atoms with E-state index in [4.69, 9.17) is 9.47 Å². The molecule has 0 spiro atoms. The molecule has 0 atom stereocenters. The van der Waals surface area contributed by atoms with E-state index in [-0.39, 0.29) is 5.75 Å². The third-order valence-corrected chi connectivity index (χ3v) is 5.63. The van der Waals surface area contributed by atoms with E-state index in [0.717, 1.165) is 11.1 Å². The van der Waals surface area contributed by atoms with Gasteiger partial charge in [0.25, 0.3) is 0 Å². The van der Waals surface area contributed by atoms with Gasteiger partial charge in [0.2, 0.25) is 10.0 Å². The first-order valence-corrected chi connectivity index (χ1v) is 8.99. The zero-order chi connectivity index (χ0) is 16.4. The Morgan fingerprint density at radius 3 is 2.48 bits per heavy atom. The second-order valence-corrected chi connectivity index (χ2v) is 7.48.